The first kappa shape index (κ1) is 18.6. The number of hydrogen-bond donors (Lipinski definition) is 2. The van der Waals surface area contributed by atoms with Gasteiger partial charge in [-0.05, 0) is 43.5 Å². The van der Waals surface area contributed by atoms with Gasteiger partial charge < -0.3 is 19.6 Å². The zero-order chi connectivity index (χ0) is 18.2. The molecule has 25 heavy (non-hydrogen) atoms. The molecule has 2 N–H and O–H groups in total. The number of furan rings is 1. The van der Waals surface area contributed by atoms with Gasteiger partial charge in [0.1, 0.15) is 24.2 Å². The van der Waals surface area contributed by atoms with Crippen LogP contribution >= 0.6 is 0 Å². The summed E-state index contributed by atoms with van der Waals surface area (Å²) in [5.41, 5.74) is 0.444. The second kappa shape index (κ2) is 8.90. The molecule has 0 aliphatic rings. The van der Waals surface area contributed by atoms with Crippen LogP contribution in [0.1, 0.15) is 42.1 Å². The van der Waals surface area contributed by atoms with Crippen LogP contribution in [0.2, 0.25) is 0 Å². The number of benzene rings is 1. The Kier molecular flexibility index (Phi) is 6.61. The molecule has 2 rings (SSSR count). The van der Waals surface area contributed by atoms with Gasteiger partial charge >= 0.3 is 0 Å². The van der Waals surface area contributed by atoms with Crippen LogP contribution in [0.4, 0.5) is 0 Å². The summed E-state index contributed by atoms with van der Waals surface area (Å²) in [6.07, 6.45) is 0.228. The molecule has 0 aliphatic carbocycles. The molecule has 1 aromatic carbocycles. The predicted octanol–water partition coefficient (Wildman–Crippen LogP) is 2.87. The standard InChI is InChI=1S/C19H22N2O4/c1-13(9-14(2)22)11-21-19(23)18-8-7-16(25-18)12-24-17-6-4-3-5-15(17)10-20/h3-8,13-14,22H,9,11-12H2,1-2H3,(H,21,23). The van der Waals surface area contributed by atoms with Gasteiger partial charge in [0.25, 0.3) is 5.91 Å². The molecule has 0 saturated heterocycles. The number of carbonyl (C=O) groups is 1. The SMILES string of the molecule is CC(O)CC(C)CNC(=O)c1ccc(COc2ccccc2C#N)o1. The van der Waals surface area contributed by atoms with Gasteiger partial charge in [0.2, 0.25) is 0 Å². The highest BCUT2D eigenvalue weighted by molar-refractivity contribution is 5.91. The van der Waals surface area contributed by atoms with Gasteiger partial charge in [0, 0.05) is 6.54 Å². The highest BCUT2D eigenvalue weighted by Gasteiger charge is 2.14. The average Bonchev–Trinajstić information content (AvgIpc) is 3.06. The van der Waals surface area contributed by atoms with Crippen molar-refractivity contribution in [1.29, 1.82) is 5.26 Å². The van der Waals surface area contributed by atoms with Gasteiger partial charge in [-0.1, -0.05) is 19.1 Å². The van der Waals surface area contributed by atoms with E-state index in [1.807, 2.05) is 6.92 Å². The summed E-state index contributed by atoms with van der Waals surface area (Å²) < 4.78 is 11.1. The van der Waals surface area contributed by atoms with Crippen molar-refractivity contribution >= 4 is 5.91 Å². The maximum Gasteiger partial charge on any atom is 0.287 e. The number of amides is 1. The van der Waals surface area contributed by atoms with Crippen molar-refractivity contribution in [2.75, 3.05) is 6.54 Å². The van der Waals surface area contributed by atoms with E-state index in [1.165, 1.54) is 0 Å². The highest BCUT2D eigenvalue weighted by Crippen LogP contribution is 2.19. The number of nitriles is 1. The van der Waals surface area contributed by atoms with Crippen LogP contribution in [-0.4, -0.2) is 23.7 Å². The molecule has 0 bridgehead atoms. The minimum atomic E-state index is -0.393. The van der Waals surface area contributed by atoms with E-state index in [-0.39, 0.29) is 24.2 Å². The molecule has 1 heterocycles. The first-order chi connectivity index (χ1) is 12.0. The third kappa shape index (κ3) is 5.66. The van der Waals surface area contributed by atoms with Gasteiger partial charge in [0.15, 0.2) is 5.76 Å². The fourth-order valence-electron chi connectivity index (χ4n) is 2.43. The first-order valence-electron chi connectivity index (χ1n) is 8.16. The molecule has 2 unspecified atom stereocenters. The van der Waals surface area contributed by atoms with Crippen LogP contribution in [0, 0.1) is 17.2 Å². The minimum absolute atomic E-state index is 0.129. The molecule has 2 atom stereocenters. The van der Waals surface area contributed by atoms with Crippen molar-refractivity contribution in [1.82, 2.24) is 5.32 Å². The van der Waals surface area contributed by atoms with E-state index in [0.29, 0.717) is 30.0 Å². The fourth-order valence-corrected chi connectivity index (χ4v) is 2.43. The lowest BCUT2D eigenvalue weighted by molar-refractivity contribution is 0.0908. The van der Waals surface area contributed by atoms with Crippen LogP contribution in [0.25, 0.3) is 0 Å². The van der Waals surface area contributed by atoms with Gasteiger partial charge in [-0.2, -0.15) is 5.26 Å². The van der Waals surface area contributed by atoms with Crippen molar-refractivity contribution in [3.05, 3.63) is 53.5 Å². The Balaban J connectivity index is 1.87. The second-order valence-corrected chi connectivity index (χ2v) is 6.06. The summed E-state index contributed by atoms with van der Waals surface area (Å²) in [4.78, 5) is 12.1. The van der Waals surface area contributed by atoms with Gasteiger partial charge in [0.05, 0.1) is 11.7 Å². The Hall–Kier alpha value is -2.78. The summed E-state index contributed by atoms with van der Waals surface area (Å²) in [5, 5.41) is 21.1. The Labute approximate surface area is 147 Å². The third-order valence-corrected chi connectivity index (χ3v) is 3.62. The molecule has 0 fully saturated rings. The number of rotatable bonds is 8. The van der Waals surface area contributed by atoms with Gasteiger partial charge in [-0.25, -0.2) is 0 Å². The van der Waals surface area contributed by atoms with Crippen LogP contribution in [0.5, 0.6) is 5.75 Å². The molecule has 0 spiro atoms. The lowest BCUT2D eigenvalue weighted by Crippen LogP contribution is -2.29. The predicted molar refractivity (Wildman–Crippen MR) is 92.0 cm³/mol. The fraction of sp³-hybridized carbons (Fsp3) is 0.368. The van der Waals surface area contributed by atoms with Crippen molar-refractivity contribution < 1.29 is 19.1 Å². The number of carbonyl (C=O) groups excluding carboxylic acids is 1. The molecule has 6 heteroatoms. The van der Waals surface area contributed by atoms with Gasteiger partial charge in [-0.15, -0.1) is 0 Å². The number of para-hydroxylation sites is 1. The quantitative estimate of drug-likeness (QED) is 0.769. The molecule has 0 saturated carbocycles. The molecule has 2 aromatic rings. The number of aliphatic hydroxyl groups is 1. The van der Waals surface area contributed by atoms with E-state index in [1.54, 1.807) is 43.3 Å². The molecule has 0 radical (unpaired) electrons. The van der Waals surface area contributed by atoms with Crippen molar-refractivity contribution in [3.8, 4) is 11.8 Å². The largest absolute Gasteiger partial charge is 0.484 e. The first-order valence-corrected chi connectivity index (χ1v) is 8.16. The smallest absolute Gasteiger partial charge is 0.287 e. The maximum atomic E-state index is 12.1. The molecule has 6 nitrogen and oxygen atoms in total. The minimum Gasteiger partial charge on any atom is -0.484 e. The highest BCUT2D eigenvalue weighted by atomic mass is 16.5. The lowest BCUT2D eigenvalue weighted by atomic mass is 10.0. The maximum absolute atomic E-state index is 12.1. The molecule has 132 valence electrons. The number of nitrogens with zero attached hydrogens (tertiary/aromatic N) is 1. The number of nitrogens with one attached hydrogen (secondary N) is 1. The van der Waals surface area contributed by atoms with E-state index < -0.39 is 6.10 Å². The summed E-state index contributed by atoms with van der Waals surface area (Å²) >= 11 is 0. The summed E-state index contributed by atoms with van der Waals surface area (Å²) in [5.74, 6) is 1.04. The van der Waals surface area contributed by atoms with Crippen LogP contribution in [0.15, 0.2) is 40.8 Å². The molecule has 1 amide bonds. The summed E-state index contributed by atoms with van der Waals surface area (Å²) in [7, 11) is 0. The molecular formula is C19H22N2O4. The molecule has 0 aliphatic heterocycles. The normalized spacial score (nSPS) is 12.9. The van der Waals surface area contributed by atoms with Crippen LogP contribution < -0.4 is 10.1 Å². The van der Waals surface area contributed by atoms with E-state index in [4.69, 9.17) is 14.4 Å². The van der Waals surface area contributed by atoms with Gasteiger partial charge in [-0.3, -0.25) is 4.79 Å². The van der Waals surface area contributed by atoms with Crippen LogP contribution in [0.3, 0.4) is 0 Å². The topological polar surface area (TPSA) is 95.5 Å². The van der Waals surface area contributed by atoms with E-state index in [9.17, 15) is 9.90 Å². The Bertz CT molecular complexity index is 746. The van der Waals surface area contributed by atoms with Crippen molar-refractivity contribution in [3.63, 3.8) is 0 Å². The van der Waals surface area contributed by atoms with Crippen molar-refractivity contribution in [2.24, 2.45) is 5.92 Å². The Morgan fingerprint density at radius 2 is 2.08 bits per heavy atom. The van der Waals surface area contributed by atoms with Crippen LogP contribution in [-0.2, 0) is 6.61 Å². The summed E-state index contributed by atoms with van der Waals surface area (Å²) in [6.45, 7) is 4.28. The monoisotopic (exact) mass is 342 g/mol. The number of ether oxygens (including phenoxy) is 1. The molecular weight excluding hydrogens is 320 g/mol. The molecule has 1 aromatic heterocycles. The Morgan fingerprint density at radius 1 is 1.32 bits per heavy atom. The number of aliphatic hydroxyl groups excluding tert-OH is 1. The average molecular weight is 342 g/mol. The second-order valence-electron chi connectivity index (χ2n) is 6.06. The van der Waals surface area contributed by atoms with E-state index in [0.717, 1.165) is 0 Å². The number of hydrogen-bond acceptors (Lipinski definition) is 5. The third-order valence-electron chi connectivity index (χ3n) is 3.62. The van der Waals surface area contributed by atoms with E-state index in [2.05, 4.69) is 11.4 Å². The van der Waals surface area contributed by atoms with E-state index >= 15 is 0 Å². The lowest BCUT2D eigenvalue weighted by Gasteiger charge is -2.13. The Morgan fingerprint density at radius 3 is 2.80 bits per heavy atom. The zero-order valence-electron chi connectivity index (χ0n) is 14.4. The summed E-state index contributed by atoms with van der Waals surface area (Å²) in [6, 6.07) is 12.2. The van der Waals surface area contributed by atoms with Crippen molar-refractivity contribution in [2.45, 2.75) is 33.0 Å². The zero-order valence-corrected chi connectivity index (χ0v) is 14.4.